The van der Waals surface area contributed by atoms with Crippen LogP contribution in [-0.2, 0) is 0 Å². The highest BCUT2D eigenvalue weighted by Crippen LogP contribution is 2.42. The summed E-state index contributed by atoms with van der Waals surface area (Å²) in [5, 5.41) is 32.5. The Morgan fingerprint density at radius 3 is 2.59 bits per heavy atom. The van der Waals surface area contributed by atoms with Gasteiger partial charge in [-0.25, -0.2) is 4.98 Å². The van der Waals surface area contributed by atoms with Gasteiger partial charge in [0.2, 0.25) is 5.75 Å². The van der Waals surface area contributed by atoms with Crippen LogP contribution in [0.25, 0.3) is 22.4 Å². The van der Waals surface area contributed by atoms with E-state index in [4.69, 9.17) is 33.7 Å². The first-order valence-electron chi connectivity index (χ1n) is 9.57. The van der Waals surface area contributed by atoms with Gasteiger partial charge in [0.05, 0.1) is 17.2 Å². The molecular formula is C22H18Cl2N4O4. The van der Waals surface area contributed by atoms with Gasteiger partial charge in [0.1, 0.15) is 23.2 Å². The van der Waals surface area contributed by atoms with Crippen LogP contribution in [0.3, 0.4) is 0 Å². The average Bonchev–Trinajstić information content (AvgIpc) is 2.73. The molecule has 0 saturated carbocycles. The number of phenols is 1. The molecule has 0 aliphatic rings. The lowest BCUT2D eigenvalue weighted by Gasteiger charge is -2.13. The third-order valence-corrected chi connectivity index (χ3v) is 5.23. The predicted octanol–water partition coefficient (Wildman–Crippen LogP) is 5.97. The van der Waals surface area contributed by atoms with Gasteiger partial charge in [0.15, 0.2) is 0 Å². The number of unbranched alkanes of at least 4 members (excludes halogenated alkanes) is 1. The summed E-state index contributed by atoms with van der Waals surface area (Å²) in [7, 11) is 0. The molecule has 32 heavy (non-hydrogen) atoms. The number of nitrogens with zero attached hydrogens (tertiary/aromatic N) is 3. The van der Waals surface area contributed by atoms with Crippen molar-refractivity contribution in [1.29, 1.82) is 5.26 Å². The largest absolute Gasteiger partial charge is 0.507 e. The molecule has 0 saturated heterocycles. The quantitative estimate of drug-likeness (QED) is 0.245. The zero-order chi connectivity index (χ0) is 23.4. The summed E-state index contributed by atoms with van der Waals surface area (Å²) in [6.45, 7) is 2.24. The Kier molecular flexibility index (Phi) is 7.03. The molecule has 1 heterocycles. The van der Waals surface area contributed by atoms with Crippen molar-refractivity contribution >= 4 is 34.7 Å². The van der Waals surface area contributed by atoms with E-state index in [2.05, 4.69) is 4.98 Å². The topological polar surface area (TPSA) is 135 Å². The fourth-order valence-electron chi connectivity index (χ4n) is 3.09. The Hall–Kier alpha value is -3.54. The standard InChI is InChI=1S/C22H18Cl2N4O4/c1-2-3-6-32-21-10-20(29)15(9-19(21)28(30)31)18-8-14(16(11-25)22(26)27-18)13-5-4-12(23)7-17(13)24/h4-5,7-10,29H,2-3,6H2,1H3,(H2,26,27). The second kappa shape index (κ2) is 9.73. The lowest BCUT2D eigenvalue weighted by molar-refractivity contribution is -0.385. The van der Waals surface area contributed by atoms with Gasteiger partial charge in [-0.2, -0.15) is 5.26 Å². The van der Waals surface area contributed by atoms with Gasteiger partial charge in [0.25, 0.3) is 0 Å². The van der Waals surface area contributed by atoms with E-state index < -0.39 is 4.92 Å². The van der Waals surface area contributed by atoms with Crippen LogP contribution in [-0.4, -0.2) is 21.6 Å². The van der Waals surface area contributed by atoms with Crippen LogP contribution in [0.15, 0.2) is 36.4 Å². The summed E-state index contributed by atoms with van der Waals surface area (Å²) in [6, 6.07) is 10.6. The minimum absolute atomic E-state index is 0.0488. The lowest BCUT2D eigenvalue weighted by atomic mass is 9.98. The monoisotopic (exact) mass is 472 g/mol. The number of halogens is 2. The van der Waals surface area contributed by atoms with Crippen molar-refractivity contribution in [1.82, 2.24) is 4.98 Å². The van der Waals surface area contributed by atoms with Crippen molar-refractivity contribution in [2.75, 3.05) is 12.3 Å². The Balaban J connectivity index is 2.20. The second-order valence-corrected chi connectivity index (χ2v) is 7.69. The number of anilines is 1. The molecule has 3 N–H and O–H groups in total. The fraction of sp³-hybridized carbons (Fsp3) is 0.182. The number of nitro groups is 1. The fourth-order valence-corrected chi connectivity index (χ4v) is 3.60. The van der Waals surface area contributed by atoms with Gasteiger partial charge in [-0.1, -0.05) is 42.6 Å². The molecule has 3 rings (SSSR count). The summed E-state index contributed by atoms with van der Waals surface area (Å²) >= 11 is 12.3. The zero-order valence-corrected chi connectivity index (χ0v) is 18.4. The number of aromatic nitrogens is 1. The summed E-state index contributed by atoms with van der Waals surface area (Å²) in [4.78, 5) is 15.2. The van der Waals surface area contributed by atoms with E-state index in [1.54, 1.807) is 12.1 Å². The molecule has 0 fully saturated rings. The van der Waals surface area contributed by atoms with Crippen LogP contribution in [0.5, 0.6) is 11.5 Å². The second-order valence-electron chi connectivity index (χ2n) is 6.85. The SMILES string of the molecule is CCCCOc1cc(O)c(-c2cc(-c3ccc(Cl)cc3Cl)c(C#N)c(N)n2)cc1[N+](=O)[O-]. The molecule has 2 aromatic carbocycles. The van der Waals surface area contributed by atoms with E-state index in [1.165, 1.54) is 18.2 Å². The van der Waals surface area contributed by atoms with Crippen LogP contribution in [0.4, 0.5) is 11.5 Å². The van der Waals surface area contributed by atoms with Crippen molar-refractivity contribution in [3.8, 4) is 40.0 Å². The third-order valence-electron chi connectivity index (χ3n) is 4.69. The highest BCUT2D eigenvalue weighted by Gasteiger charge is 2.23. The van der Waals surface area contributed by atoms with Crippen LogP contribution < -0.4 is 10.5 Å². The maximum atomic E-state index is 11.6. The molecule has 3 aromatic rings. The van der Waals surface area contributed by atoms with E-state index in [1.807, 2.05) is 13.0 Å². The highest BCUT2D eigenvalue weighted by atomic mass is 35.5. The Labute approximate surface area is 193 Å². The molecule has 0 aliphatic heterocycles. The van der Waals surface area contributed by atoms with Crippen molar-refractivity contribution in [2.45, 2.75) is 19.8 Å². The third kappa shape index (κ3) is 4.69. The number of phenolic OH excluding ortho intramolecular Hbond substituents is 1. The number of aromatic hydroxyl groups is 1. The number of pyridine rings is 1. The van der Waals surface area contributed by atoms with Gasteiger partial charge in [-0.3, -0.25) is 10.1 Å². The van der Waals surface area contributed by atoms with Crippen LogP contribution >= 0.6 is 23.2 Å². The predicted molar refractivity (Wildman–Crippen MR) is 123 cm³/mol. The zero-order valence-electron chi connectivity index (χ0n) is 16.9. The lowest BCUT2D eigenvalue weighted by Crippen LogP contribution is -2.02. The Morgan fingerprint density at radius 1 is 1.22 bits per heavy atom. The molecule has 0 aliphatic carbocycles. The smallest absolute Gasteiger partial charge is 0.311 e. The Bertz CT molecular complexity index is 1240. The van der Waals surface area contributed by atoms with Crippen molar-refractivity contribution in [2.24, 2.45) is 0 Å². The molecule has 0 spiro atoms. The van der Waals surface area contributed by atoms with Crippen molar-refractivity contribution in [3.05, 3.63) is 62.1 Å². The van der Waals surface area contributed by atoms with Gasteiger partial charge in [0, 0.05) is 38.9 Å². The number of hydrogen-bond donors (Lipinski definition) is 2. The number of ether oxygens (including phenoxy) is 1. The molecule has 1 aromatic heterocycles. The van der Waals surface area contributed by atoms with Crippen molar-refractivity contribution < 1.29 is 14.8 Å². The minimum Gasteiger partial charge on any atom is -0.507 e. The van der Waals surface area contributed by atoms with Gasteiger partial charge in [-0.15, -0.1) is 0 Å². The van der Waals surface area contributed by atoms with Crippen LogP contribution in [0, 0.1) is 21.4 Å². The first-order chi connectivity index (χ1) is 15.3. The number of hydrogen-bond acceptors (Lipinski definition) is 7. The number of nitro benzene ring substituents is 1. The summed E-state index contributed by atoms with van der Waals surface area (Å²) < 4.78 is 5.47. The number of rotatable bonds is 7. The Morgan fingerprint density at radius 2 is 1.97 bits per heavy atom. The maximum absolute atomic E-state index is 11.6. The minimum atomic E-state index is -0.603. The van der Waals surface area contributed by atoms with Gasteiger partial charge in [-0.05, 0) is 24.6 Å². The molecule has 0 amide bonds. The number of nitriles is 1. The van der Waals surface area contributed by atoms with E-state index in [-0.39, 0.29) is 51.5 Å². The molecule has 0 unspecified atom stereocenters. The first-order valence-corrected chi connectivity index (χ1v) is 10.3. The number of nitrogen functional groups attached to an aromatic ring is 1. The van der Waals surface area contributed by atoms with Gasteiger partial charge >= 0.3 is 5.69 Å². The number of nitrogens with two attached hydrogens (primary N) is 1. The van der Waals surface area contributed by atoms with E-state index in [0.717, 1.165) is 12.5 Å². The number of benzene rings is 2. The first kappa shape index (κ1) is 23.1. The van der Waals surface area contributed by atoms with Crippen LogP contribution in [0.1, 0.15) is 25.3 Å². The normalized spacial score (nSPS) is 10.6. The average molecular weight is 473 g/mol. The van der Waals surface area contributed by atoms with Gasteiger partial charge < -0.3 is 15.6 Å². The van der Waals surface area contributed by atoms with E-state index >= 15 is 0 Å². The molecule has 164 valence electrons. The van der Waals surface area contributed by atoms with Crippen LogP contribution in [0.2, 0.25) is 10.0 Å². The molecule has 0 atom stereocenters. The van der Waals surface area contributed by atoms with E-state index in [0.29, 0.717) is 22.6 Å². The molecule has 0 radical (unpaired) electrons. The molecule has 0 bridgehead atoms. The highest BCUT2D eigenvalue weighted by molar-refractivity contribution is 6.36. The summed E-state index contributed by atoms with van der Waals surface area (Å²) in [6.07, 6.45) is 1.56. The molecular weight excluding hydrogens is 455 g/mol. The van der Waals surface area contributed by atoms with Crippen molar-refractivity contribution in [3.63, 3.8) is 0 Å². The maximum Gasteiger partial charge on any atom is 0.311 e. The molecule has 8 nitrogen and oxygen atoms in total. The summed E-state index contributed by atoms with van der Waals surface area (Å²) in [5.74, 6) is -0.449. The molecule has 10 heteroatoms. The summed E-state index contributed by atoms with van der Waals surface area (Å²) in [5.41, 5.74) is 6.75. The van der Waals surface area contributed by atoms with E-state index in [9.17, 15) is 20.5 Å².